The van der Waals surface area contributed by atoms with Gasteiger partial charge in [-0.15, -0.1) is 0 Å². The lowest BCUT2D eigenvalue weighted by molar-refractivity contribution is 0.297. The van der Waals surface area contributed by atoms with Gasteiger partial charge in [-0.05, 0) is 30.3 Å². The molecule has 0 unspecified atom stereocenters. The van der Waals surface area contributed by atoms with Gasteiger partial charge in [0.1, 0.15) is 23.9 Å². The van der Waals surface area contributed by atoms with Gasteiger partial charge in [-0.2, -0.15) is 0 Å². The number of ether oxygens (including phenoxy) is 2. The minimum Gasteiger partial charge on any atom is -0.496 e. The van der Waals surface area contributed by atoms with Crippen LogP contribution in [0, 0.1) is 5.82 Å². The van der Waals surface area contributed by atoms with Gasteiger partial charge in [0.15, 0.2) is 0 Å². The highest BCUT2D eigenvalue weighted by atomic mass is 35.5. The molecule has 0 aliphatic rings. The van der Waals surface area contributed by atoms with Crippen LogP contribution in [0.5, 0.6) is 11.5 Å². The summed E-state index contributed by atoms with van der Waals surface area (Å²) in [6.07, 6.45) is 2.02. The molecular weight excluding hydrogens is 367 g/mol. The number of hydrogen-bond acceptors (Lipinski definition) is 3. The second-order valence-corrected chi connectivity index (χ2v) is 6.58. The molecule has 1 aromatic heterocycles. The summed E-state index contributed by atoms with van der Waals surface area (Å²) in [5.41, 5.74) is 2.56. The Hall–Kier alpha value is -2.50. The van der Waals surface area contributed by atoms with E-state index in [9.17, 15) is 4.39 Å². The lowest BCUT2D eigenvalue weighted by Crippen LogP contribution is -2.15. The maximum absolute atomic E-state index is 13.8. The topological polar surface area (TPSA) is 35.4 Å². The molecule has 0 saturated heterocycles. The van der Waals surface area contributed by atoms with Crippen LogP contribution in [-0.4, -0.2) is 11.7 Å². The third-order valence-corrected chi connectivity index (χ3v) is 4.73. The zero-order valence-corrected chi connectivity index (χ0v) is 16.1. The molecule has 4 nitrogen and oxygen atoms in total. The average molecular weight is 389 g/mol. The van der Waals surface area contributed by atoms with Gasteiger partial charge in [-0.25, -0.2) is 4.39 Å². The Kier molecular flexibility index (Phi) is 6.37. The fraction of sp³-hybridized carbons (Fsp3) is 0.238. The Balaban J connectivity index is 1.62. The van der Waals surface area contributed by atoms with E-state index >= 15 is 0 Å². The molecule has 0 spiro atoms. The van der Waals surface area contributed by atoms with Crippen LogP contribution < -0.4 is 14.8 Å². The Morgan fingerprint density at radius 1 is 1.11 bits per heavy atom. The van der Waals surface area contributed by atoms with Gasteiger partial charge in [0.25, 0.3) is 0 Å². The predicted octanol–water partition coefficient (Wildman–Crippen LogP) is 4.70. The summed E-state index contributed by atoms with van der Waals surface area (Å²) >= 11 is 6.04. The second kappa shape index (κ2) is 8.93. The molecule has 6 heteroatoms. The van der Waals surface area contributed by atoms with E-state index in [1.54, 1.807) is 25.3 Å². The molecule has 3 aromatic rings. The molecule has 1 heterocycles. The summed E-state index contributed by atoms with van der Waals surface area (Å²) in [6.45, 7) is 1.48. The Morgan fingerprint density at radius 2 is 1.96 bits per heavy atom. The Bertz CT molecular complexity index is 891. The zero-order valence-electron chi connectivity index (χ0n) is 15.3. The number of halogens is 2. The molecule has 2 aromatic carbocycles. The highest BCUT2D eigenvalue weighted by molar-refractivity contribution is 6.31. The number of methoxy groups -OCH3 is 1. The second-order valence-electron chi connectivity index (χ2n) is 6.18. The molecule has 0 aliphatic carbocycles. The molecule has 0 aliphatic heterocycles. The standard InChI is InChI=1S/C21H22ClFN2O2/c1-25-10-4-5-16(25)13-24-12-15-8-9-17(11-21(15)26-2)27-14-18-19(22)6-3-7-20(18)23/h3-11,24H,12-14H2,1-2H3. The molecule has 0 radical (unpaired) electrons. The Morgan fingerprint density at radius 3 is 2.67 bits per heavy atom. The van der Waals surface area contributed by atoms with Gasteiger partial charge in [-0.1, -0.05) is 23.7 Å². The van der Waals surface area contributed by atoms with Crippen LogP contribution in [0.1, 0.15) is 16.8 Å². The fourth-order valence-corrected chi connectivity index (χ4v) is 3.01. The summed E-state index contributed by atoms with van der Waals surface area (Å²) in [5.74, 6) is 0.930. The van der Waals surface area contributed by atoms with E-state index in [0.717, 1.165) is 12.1 Å². The SMILES string of the molecule is COc1cc(OCc2c(F)cccc2Cl)ccc1CNCc1cccn1C. The molecule has 3 rings (SSSR count). The first-order chi connectivity index (χ1) is 13.1. The van der Waals surface area contributed by atoms with Crippen molar-refractivity contribution in [2.75, 3.05) is 7.11 Å². The van der Waals surface area contributed by atoms with Crippen molar-refractivity contribution in [3.63, 3.8) is 0 Å². The van der Waals surface area contributed by atoms with Gasteiger partial charge in [-0.3, -0.25) is 0 Å². The van der Waals surface area contributed by atoms with Crippen molar-refractivity contribution >= 4 is 11.6 Å². The average Bonchev–Trinajstić information content (AvgIpc) is 3.07. The quantitative estimate of drug-likeness (QED) is 0.607. The van der Waals surface area contributed by atoms with Gasteiger partial charge < -0.3 is 19.4 Å². The summed E-state index contributed by atoms with van der Waals surface area (Å²) in [6, 6.07) is 14.3. The molecular formula is C21H22ClFN2O2. The van der Waals surface area contributed by atoms with Gasteiger partial charge in [0.05, 0.1) is 12.1 Å². The first-order valence-corrected chi connectivity index (χ1v) is 9.00. The van der Waals surface area contributed by atoms with Gasteiger partial charge >= 0.3 is 0 Å². The smallest absolute Gasteiger partial charge is 0.131 e. The number of rotatable bonds is 8. The van der Waals surface area contributed by atoms with Crippen LogP contribution in [0.25, 0.3) is 0 Å². The van der Waals surface area contributed by atoms with Crippen molar-refractivity contribution in [2.24, 2.45) is 7.05 Å². The summed E-state index contributed by atoms with van der Waals surface area (Å²) in [4.78, 5) is 0. The lowest BCUT2D eigenvalue weighted by atomic mass is 10.2. The largest absolute Gasteiger partial charge is 0.496 e. The third kappa shape index (κ3) is 4.81. The van der Waals surface area contributed by atoms with E-state index in [-0.39, 0.29) is 12.4 Å². The molecule has 142 valence electrons. The van der Waals surface area contributed by atoms with Crippen LogP contribution >= 0.6 is 11.6 Å². The minimum atomic E-state index is -0.379. The van der Waals surface area contributed by atoms with Crippen LogP contribution in [-0.2, 0) is 26.7 Å². The molecule has 0 atom stereocenters. The highest BCUT2D eigenvalue weighted by Gasteiger charge is 2.10. The number of nitrogens with zero attached hydrogens (tertiary/aromatic N) is 1. The van der Waals surface area contributed by atoms with Crippen LogP contribution in [0.3, 0.4) is 0 Å². The maximum atomic E-state index is 13.8. The summed E-state index contributed by atoms with van der Waals surface area (Å²) < 4.78 is 27.1. The van der Waals surface area contributed by atoms with Crippen molar-refractivity contribution in [3.8, 4) is 11.5 Å². The van der Waals surface area contributed by atoms with Gasteiger partial charge in [0, 0.05) is 49.2 Å². The summed E-state index contributed by atoms with van der Waals surface area (Å²) in [7, 11) is 3.64. The van der Waals surface area contributed by atoms with Crippen molar-refractivity contribution in [3.05, 3.63) is 82.4 Å². The lowest BCUT2D eigenvalue weighted by Gasteiger charge is -2.13. The molecule has 0 bridgehead atoms. The van der Waals surface area contributed by atoms with E-state index in [1.165, 1.54) is 11.8 Å². The van der Waals surface area contributed by atoms with E-state index in [4.69, 9.17) is 21.1 Å². The van der Waals surface area contributed by atoms with Crippen molar-refractivity contribution < 1.29 is 13.9 Å². The van der Waals surface area contributed by atoms with Crippen molar-refractivity contribution in [2.45, 2.75) is 19.7 Å². The first-order valence-electron chi connectivity index (χ1n) is 8.62. The van der Waals surface area contributed by atoms with Crippen molar-refractivity contribution in [1.82, 2.24) is 9.88 Å². The van der Waals surface area contributed by atoms with E-state index in [2.05, 4.69) is 16.0 Å². The van der Waals surface area contributed by atoms with E-state index < -0.39 is 0 Å². The Labute approximate surface area is 163 Å². The third-order valence-electron chi connectivity index (χ3n) is 4.38. The monoisotopic (exact) mass is 388 g/mol. The molecule has 0 amide bonds. The van der Waals surface area contributed by atoms with Crippen LogP contribution in [0.15, 0.2) is 54.7 Å². The first kappa shape index (κ1) is 19.3. The zero-order chi connectivity index (χ0) is 19.2. The fourth-order valence-electron chi connectivity index (χ4n) is 2.79. The summed E-state index contributed by atoms with van der Waals surface area (Å²) in [5, 5.41) is 3.75. The van der Waals surface area contributed by atoms with Crippen LogP contribution in [0.4, 0.5) is 4.39 Å². The maximum Gasteiger partial charge on any atom is 0.131 e. The number of hydrogen-bond donors (Lipinski definition) is 1. The molecule has 0 fully saturated rings. The molecule has 27 heavy (non-hydrogen) atoms. The number of nitrogens with one attached hydrogen (secondary N) is 1. The normalized spacial score (nSPS) is 10.8. The minimum absolute atomic E-state index is 0.0553. The van der Waals surface area contributed by atoms with Crippen molar-refractivity contribution in [1.29, 1.82) is 0 Å². The number of aryl methyl sites for hydroxylation is 1. The number of benzene rings is 2. The highest BCUT2D eigenvalue weighted by Crippen LogP contribution is 2.27. The van der Waals surface area contributed by atoms with E-state index in [1.807, 2.05) is 31.4 Å². The van der Waals surface area contributed by atoms with Crippen LogP contribution in [0.2, 0.25) is 5.02 Å². The van der Waals surface area contributed by atoms with Gasteiger partial charge in [0.2, 0.25) is 0 Å². The number of aromatic nitrogens is 1. The molecule has 1 N–H and O–H groups in total. The molecule has 0 saturated carbocycles. The van der Waals surface area contributed by atoms with E-state index in [0.29, 0.717) is 28.6 Å². The predicted molar refractivity (Wildman–Crippen MR) is 105 cm³/mol.